The van der Waals surface area contributed by atoms with E-state index in [1.165, 1.54) is 6.42 Å². The highest BCUT2D eigenvalue weighted by Crippen LogP contribution is 2.27. The van der Waals surface area contributed by atoms with Gasteiger partial charge < -0.3 is 15.3 Å². The van der Waals surface area contributed by atoms with Gasteiger partial charge >= 0.3 is 0 Å². The molecule has 2 aliphatic rings. The van der Waals surface area contributed by atoms with Crippen molar-refractivity contribution < 1.29 is 5.11 Å². The van der Waals surface area contributed by atoms with Crippen molar-refractivity contribution in [2.75, 3.05) is 26.2 Å². The molecule has 0 amide bonds. The van der Waals surface area contributed by atoms with Gasteiger partial charge in [-0.1, -0.05) is 6.42 Å². The van der Waals surface area contributed by atoms with E-state index in [1.54, 1.807) is 0 Å². The van der Waals surface area contributed by atoms with Crippen LogP contribution in [0, 0.1) is 12.0 Å². The maximum absolute atomic E-state index is 10.2. The fourth-order valence-electron chi connectivity index (χ4n) is 2.22. The summed E-state index contributed by atoms with van der Waals surface area (Å²) in [4.78, 5) is 2.11. The lowest BCUT2D eigenvalue weighted by atomic mass is 9.85. The third kappa shape index (κ3) is 3.12. The number of rotatable bonds is 0. The Labute approximate surface area is 91.8 Å². The average molecular weight is 208 g/mol. The van der Waals surface area contributed by atoms with Crippen LogP contribution in [0.4, 0.5) is 0 Å². The largest absolute Gasteiger partial charge is 0.378 e. The topological polar surface area (TPSA) is 35.5 Å². The lowest BCUT2D eigenvalue weighted by molar-refractivity contribution is 0.0604. The average Bonchev–Trinajstić information content (AvgIpc) is 2.29. The fourth-order valence-corrected chi connectivity index (χ4v) is 2.22. The summed E-state index contributed by atoms with van der Waals surface area (Å²) in [5.74, 6) is 3.07. The van der Waals surface area contributed by atoms with E-state index in [0.29, 0.717) is 0 Å². The number of piperazine rings is 1. The molecule has 1 aliphatic carbocycles. The van der Waals surface area contributed by atoms with Gasteiger partial charge in [-0.15, -0.1) is 0 Å². The quantitative estimate of drug-likeness (QED) is 0.571. The van der Waals surface area contributed by atoms with Gasteiger partial charge in [0.15, 0.2) is 0 Å². The summed E-state index contributed by atoms with van der Waals surface area (Å²) in [6.45, 7) is 3.96. The normalized spacial score (nSPS) is 25.5. The van der Waals surface area contributed by atoms with Crippen molar-refractivity contribution in [3.05, 3.63) is 0 Å². The molecule has 84 valence electrons. The van der Waals surface area contributed by atoms with E-state index in [2.05, 4.69) is 22.2 Å². The molecule has 0 radical (unpaired) electrons. The van der Waals surface area contributed by atoms with E-state index in [0.717, 1.165) is 51.9 Å². The molecule has 3 heteroatoms. The predicted molar refractivity (Wildman–Crippen MR) is 60.3 cm³/mol. The van der Waals surface area contributed by atoms with Crippen molar-refractivity contribution in [1.82, 2.24) is 10.2 Å². The van der Waals surface area contributed by atoms with Crippen LogP contribution in [0.25, 0.3) is 0 Å². The molecular formula is C12H20N2O. The monoisotopic (exact) mass is 208 g/mol. The van der Waals surface area contributed by atoms with Crippen LogP contribution in [0.1, 0.15) is 32.1 Å². The molecule has 3 nitrogen and oxygen atoms in total. The van der Waals surface area contributed by atoms with Crippen molar-refractivity contribution in [2.24, 2.45) is 0 Å². The highest BCUT2D eigenvalue weighted by Gasteiger charge is 2.26. The Morgan fingerprint density at radius 3 is 2.40 bits per heavy atom. The minimum atomic E-state index is -0.691. The van der Waals surface area contributed by atoms with Gasteiger partial charge in [-0.3, -0.25) is 0 Å². The molecule has 0 aromatic rings. The minimum Gasteiger partial charge on any atom is -0.378 e. The molecule has 1 saturated heterocycles. The summed E-state index contributed by atoms with van der Waals surface area (Å²) in [5, 5.41) is 13.5. The van der Waals surface area contributed by atoms with Crippen molar-refractivity contribution in [3.63, 3.8) is 0 Å². The maximum Gasteiger partial charge on any atom is 0.127 e. The summed E-state index contributed by atoms with van der Waals surface area (Å²) in [7, 11) is 0. The molecule has 0 bridgehead atoms. The number of hydrogen-bond acceptors (Lipinski definition) is 3. The fraction of sp³-hybridized carbons (Fsp3) is 0.833. The zero-order valence-electron chi connectivity index (χ0n) is 9.26. The molecule has 1 saturated carbocycles. The molecular weight excluding hydrogens is 188 g/mol. The summed E-state index contributed by atoms with van der Waals surface area (Å²) in [6.07, 6.45) is 5.19. The Bertz CT molecular complexity index is 255. The van der Waals surface area contributed by atoms with Crippen LogP contribution in [-0.4, -0.2) is 41.8 Å². The van der Waals surface area contributed by atoms with Gasteiger partial charge in [0.25, 0.3) is 0 Å². The molecule has 0 aromatic carbocycles. The van der Waals surface area contributed by atoms with Crippen LogP contribution < -0.4 is 5.32 Å². The first kappa shape index (κ1) is 10.8. The first-order valence-electron chi connectivity index (χ1n) is 5.99. The summed E-state index contributed by atoms with van der Waals surface area (Å²) >= 11 is 0. The molecule has 2 N–H and O–H groups in total. The second-order valence-electron chi connectivity index (χ2n) is 4.57. The standard InChI is InChI=1S/C12H20N2O/c15-12(4-2-1-3-5-12)6-9-14-10-7-13-8-11-14/h13,15H,1-5,7-8,10-11H2. The van der Waals surface area contributed by atoms with Crippen LogP contribution in [-0.2, 0) is 0 Å². The van der Waals surface area contributed by atoms with Crippen LogP contribution in [0.3, 0.4) is 0 Å². The molecule has 2 fully saturated rings. The van der Waals surface area contributed by atoms with Gasteiger partial charge in [0, 0.05) is 32.2 Å². The molecule has 2 rings (SSSR count). The lowest BCUT2D eigenvalue weighted by Crippen LogP contribution is -2.41. The number of nitrogens with zero attached hydrogens (tertiary/aromatic N) is 1. The van der Waals surface area contributed by atoms with Crippen LogP contribution in [0.5, 0.6) is 0 Å². The first-order chi connectivity index (χ1) is 7.29. The molecule has 0 atom stereocenters. The Balaban J connectivity index is 1.90. The third-order valence-corrected chi connectivity index (χ3v) is 3.24. The van der Waals surface area contributed by atoms with Crippen molar-refractivity contribution >= 4 is 0 Å². The number of hydrogen-bond donors (Lipinski definition) is 2. The van der Waals surface area contributed by atoms with Crippen molar-refractivity contribution in [2.45, 2.75) is 37.7 Å². The van der Waals surface area contributed by atoms with Gasteiger partial charge in [-0.25, -0.2) is 0 Å². The summed E-state index contributed by atoms with van der Waals surface area (Å²) in [6, 6.07) is 3.13. The Hall–Kier alpha value is -0.720. The van der Waals surface area contributed by atoms with E-state index in [9.17, 15) is 5.11 Å². The first-order valence-corrected chi connectivity index (χ1v) is 5.99. The highest BCUT2D eigenvalue weighted by molar-refractivity contribution is 5.14. The van der Waals surface area contributed by atoms with Gasteiger partial charge in [-0.05, 0) is 31.6 Å². The minimum absolute atomic E-state index is 0.691. The van der Waals surface area contributed by atoms with Gasteiger partial charge in [0.05, 0.1) is 0 Å². The Morgan fingerprint density at radius 1 is 1.07 bits per heavy atom. The predicted octanol–water partition coefficient (Wildman–Crippen LogP) is 0.548. The SMILES string of the molecule is OC1(C#CN2CCNCC2)CCCCC1. The molecule has 1 aliphatic heterocycles. The molecule has 0 unspecified atom stereocenters. The molecule has 15 heavy (non-hydrogen) atoms. The zero-order valence-corrected chi connectivity index (χ0v) is 9.26. The van der Waals surface area contributed by atoms with Crippen LogP contribution >= 0.6 is 0 Å². The Morgan fingerprint density at radius 2 is 1.73 bits per heavy atom. The van der Waals surface area contributed by atoms with Gasteiger partial charge in [0.1, 0.15) is 5.60 Å². The zero-order chi connectivity index (χ0) is 10.6. The van der Waals surface area contributed by atoms with E-state index >= 15 is 0 Å². The van der Waals surface area contributed by atoms with Crippen LogP contribution in [0.2, 0.25) is 0 Å². The van der Waals surface area contributed by atoms with E-state index in [-0.39, 0.29) is 0 Å². The number of nitrogens with one attached hydrogen (secondary N) is 1. The second-order valence-corrected chi connectivity index (χ2v) is 4.57. The van der Waals surface area contributed by atoms with E-state index in [4.69, 9.17) is 0 Å². The van der Waals surface area contributed by atoms with Crippen molar-refractivity contribution in [1.29, 1.82) is 0 Å². The molecule has 0 spiro atoms. The lowest BCUT2D eigenvalue weighted by Gasteiger charge is -2.28. The third-order valence-electron chi connectivity index (χ3n) is 3.24. The Kier molecular flexibility index (Phi) is 3.50. The van der Waals surface area contributed by atoms with Crippen LogP contribution in [0.15, 0.2) is 0 Å². The number of aliphatic hydroxyl groups is 1. The smallest absolute Gasteiger partial charge is 0.127 e. The van der Waals surface area contributed by atoms with E-state index < -0.39 is 5.60 Å². The highest BCUT2D eigenvalue weighted by atomic mass is 16.3. The van der Waals surface area contributed by atoms with Gasteiger partial charge in [-0.2, -0.15) is 0 Å². The second kappa shape index (κ2) is 4.87. The molecule has 0 aromatic heterocycles. The summed E-state index contributed by atoms with van der Waals surface area (Å²) in [5.41, 5.74) is -0.691. The van der Waals surface area contributed by atoms with E-state index in [1.807, 2.05) is 0 Å². The maximum atomic E-state index is 10.2. The summed E-state index contributed by atoms with van der Waals surface area (Å²) < 4.78 is 0. The van der Waals surface area contributed by atoms with Crippen molar-refractivity contribution in [3.8, 4) is 12.0 Å². The molecule has 1 heterocycles. The van der Waals surface area contributed by atoms with Gasteiger partial charge in [0.2, 0.25) is 0 Å².